The molecule has 0 amide bonds. The van der Waals surface area contributed by atoms with Crippen molar-refractivity contribution in [1.29, 1.82) is 0 Å². The molecule has 0 aliphatic heterocycles. The third-order valence-corrected chi connectivity index (χ3v) is 2.51. The van der Waals surface area contributed by atoms with Gasteiger partial charge in [0.25, 0.3) is 5.95 Å². The van der Waals surface area contributed by atoms with E-state index in [9.17, 15) is 0 Å². The third-order valence-electron chi connectivity index (χ3n) is 2.51. The maximum atomic E-state index is 8.82. The van der Waals surface area contributed by atoms with E-state index >= 15 is 0 Å². The summed E-state index contributed by atoms with van der Waals surface area (Å²) in [7, 11) is 1.93. The summed E-state index contributed by atoms with van der Waals surface area (Å²) >= 11 is 0. The predicted molar refractivity (Wildman–Crippen MR) is 68.6 cm³/mol. The Morgan fingerprint density at radius 2 is 1.94 bits per heavy atom. The van der Waals surface area contributed by atoms with E-state index in [1.54, 1.807) is 6.07 Å². The number of rotatable bonds is 6. The second-order valence-corrected chi connectivity index (χ2v) is 4.10. The lowest BCUT2D eigenvalue weighted by molar-refractivity contribution is 0.204. The smallest absolute Gasteiger partial charge is 0.290 e. The van der Waals surface area contributed by atoms with Gasteiger partial charge < -0.3 is 14.3 Å². The first-order valence-electron chi connectivity index (χ1n) is 5.89. The Labute approximate surface area is 106 Å². The fourth-order valence-corrected chi connectivity index (χ4v) is 1.62. The van der Waals surface area contributed by atoms with E-state index in [0.29, 0.717) is 19.0 Å². The van der Waals surface area contributed by atoms with Crippen molar-refractivity contribution in [3.8, 4) is 11.7 Å². The van der Waals surface area contributed by atoms with Gasteiger partial charge in [-0.05, 0) is 25.2 Å². The summed E-state index contributed by atoms with van der Waals surface area (Å²) in [6, 6.07) is 13.2. The van der Waals surface area contributed by atoms with Crippen molar-refractivity contribution < 1.29 is 14.3 Å². The molecule has 0 radical (unpaired) electrons. The first-order chi connectivity index (χ1) is 8.78. The monoisotopic (exact) mass is 247 g/mol. The van der Waals surface area contributed by atoms with Crippen LogP contribution in [0.5, 0.6) is 11.7 Å². The zero-order valence-corrected chi connectivity index (χ0v) is 10.4. The average molecular weight is 247 g/mol. The summed E-state index contributed by atoms with van der Waals surface area (Å²) in [4.78, 5) is 1.98. The highest BCUT2D eigenvalue weighted by Crippen LogP contribution is 2.23. The van der Waals surface area contributed by atoms with Gasteiger partial charge in [-0.1, -0.05) is 18.2 Å². The highest BCUT2D eigenvalue weighted by molar-refractivity contribution is 5.26. The summed E-state index contributed by atoms with van der Waals surface area (Å²) in [6.45, 7) is 1.42. The summed E-state index contributed by atoms with van der Waals surface area (Å²) in [5, 5.41) is 8.82. The molecule has 0 saturated carbocycles. The standard InChI is InChI=1S/C14H17NO3/c1-15(9-10-16)11-13-7-8-14(18-13)17-12-5-3-2-4-6-12/h2-8,16H,9-11H2,1H3. The van der Waals surface area contributed by atoms with Crippen LogP contribution in [0.1, 0.15) is 5.76 Å². The predicted octanol–water partition coefficient (Wildman–Crippen LogP) is 2.50. The number of furan rings is 1. The highest BCUT2D eigenvalue weighted by Gasteiger charge is 2.06. The van der Waals surface area contributed by atoms with Crippen LogP contribution >= 0.6 is 0 Å². The molecule has 0 unspecified atom stereocenters. The number of para-hydroxylation sites is 1. The van der Waals surface area contributed by atoms with Crippen molar-refractivity contribution in [2.45, 2.75) is 6.54 Å². The van der Waals surface area contributed by atoms with Crippen LogP contribution in [0.25, 0.3) is 0 Å². The molecule has 0 saturated heterocycles. The molecule has 18 heavy (non-hydrogen) atoms. The summed E-state index contributed by atoms with van der Waals surface area (Å²) in [5.74, 6) is 2.05. The van der Waals surface area contributed by atoms with Crippen LogP contribution in [0.2, 0.25) is 0 Å². The molecule has 0 atom stereocenters. The maximum Gasteiger partial charge on any atom is 0.290 e. The molecule has 0 aliphatic carbocycles. The fraction of sp³-hybridized carbons (Fsp3) is 0.286. The molecule has 0 aliphatic rings. The van der Waals surface area contributed by atoms with E-state index < -0.39 is 0 Å². The first-order valence-corrected chi connectivity index (χ1v) is 5.89. The van der Waals surface area contributed by atoms with Gasteiger partial charge in [0.1, 0.15) is 11.5 Å². The normalized spacial score (nSPS) is 10.8. The van der Waals surface area contributed by atoms with Crippen molar-refractivity contribution in [3.63, 3.8) is 0 Å². The van der Waals surface area contributed by atoms with Crippen molar-refractivity contribution in [3.05, 3.63) is 48.2 Å². The molecule has 96 valence electrons. The largest absolute Gasteiger partial charge is 0.429 e. The maximum absolute atomic E-state index is 8.82. The molecule has 0 spiro atoms. The van der Waals surface area contributed by atoms with Crippen molar-refractivity contribution in [2.75, 3.05) is 20.2 Å². The summed E-state index contributed by atoms with van der Waals surface area (Å²) < 4.78 is 11.1. The topological polar surface area (TPSA) is 45.8 Å². The van der Waals surface area contributed by atoms with Crippen molar-refractivity contribution in [1.82, 2.24) is 4.90 Å². The molecule has 0 fully saturated rings. The lowest BCUT2D eigenvalue weighted by Gasteiger charge is -2.12. The zero-order chi connectivity index (χ0) is 12.8. The van der Waals surface area contributed by atoms with E-state index in [1.807, 2.05) is 48.3 Å². The van der Waals surface area contributed by atoms with E-state index in [1.165, 1.54) is 0 Å². The minimum absolute atomic E-state index is 0.143. The van der Waals surface area contributed by atoms with E-state index in [0.717, 1.165) is 11.5 Å². The van der Waals surface area contributed by atoms with Crippen LogP contribution in [0.15, 0.2) is 46.9 Å². The molecule has 0 bridgehead atoms. The molecule has 4 heteroatoms. The lowest BCUT2D eigenvalue weighted by atomic mass is 10.3. The van der Waals surface area contributed by atoms with Gasteiger partial charge in [0.15, 0.2) is 0 Å². The molecule has 1 aromatic carbocycles. The number of hydrogen-bond donors (Lipinski definition) is 1. The van der Waals surface area contributed by atoms with Gasteiger partial charge in [-0.15, -0.1) is 0 Å². The van der Waals surface area contributed by atoms with Crippen LogP contribution in [0.3, 0.4) is 0 Å². The Kier molecular flexibility index (Phi) is 4.39. The fourth-order valence-electron chi connectivity index (χ4n) is 1.62. The summed E-state index contributed by atoms with van der Waals surface area (Å²) in [6.07, 6.45) is 0. The Morgan fingerprint density at radius 3 is 2.67 bits per heavy atom. The molecule has 4 nitrogen and oxygen atoms in total. The Morgan fingerprint density at radius 1 is 1.17 bits per heavy atom. The number of ether oxygens (including phenoxy) is 1. The van der Waals surface area contributed by atoms with Gasteiger partial charge in [0.2, 0.25) is 0 Å². The van der Waals surface area contributed by atoms with E-state index in [-0.39, 0.29) is 6.61 Å². The van der Waals surface area contributed by atoms with E-state index in [4.69, 9.17) is 14.3 Å². The third kappa shape index (κ3) is 3.61. The Balaban J connectivity index is 1.94. The van der Waals surface area contributed by atoms with Gasteiger partial charge in [0, 0.05) is 12.6 Å². The van der Waals surface area contributed by atoms with Gasteiger partial charge in [-0.3, -0.25) is 4.90 Å². The highest BCUT2D eigenvalue weighted by atomic mass is 16.6. The zero-order valence-electron chi connectivity index (χ0n) is 10.4. The molecule has 2 aromatic rings. The SMILES string of the molecule is CN(CCO)Cc1ccc(Oc2ccccc2)o1. The van der Waals surface area contributed by atoms with Gasteiger partial charge in [-0.2, -0.15) is 0 Å². The number of nitrogens with zero attached hydrogens (tertiary/aromatic N) is 1. The second-order valence-electron chi connectivity index (χ2n) is 4.10. The van der Waals surface area contributed by atoms with Crippen molar-refractivity contribution >= 4 is 0 Å². The Hall–Kier alpha value is -1.78. The van der Waals surface area contributed by atoms with E-state index in [2.05, 4.69) is 0 Å². The minimum Gasteiger partial charge on any atom is -0.429 e. The van der Waals surface area contributed by atoms with Crippen LogP contribution < -0.4 is 4.74 Å². The molecular weight excluding hydrogens is 230 g/mol. The molecule has 1 N–H and O–H groups in total. The summed E-state index contributed by atoms with van der Waals surface area (Å²) in [5.41, 5.74) is 0. The van der Waals surface area contributed by atoms with Gasteiger partial charge >= 0.3 is 0 Å². The average Bonchev–Trinajstić information content (AvgIpc) is 2.78. The first kappa shape index (κ1) is 12.7. The van der Waals surface area contributed by atoms with Crippen LogP contribution in [0.4, 0.5) is 0 Å². The number of aliphatic hydroxyl groups excluding tert-OH is 1. The molecular formula is C14H17NO3. The Bertz CT molecular complexity index is 467. The molecule has 1 heterocycles. The lowest BCUT2D eigenvalue weighted by Crippen LogP contribution is -2.21. The van der Waals surface area contributed by atoms with Crippen LogP contribution in [0, 0.1) is 0 Å². The quantitative estimate of drug-likeness (QED) is 0.852. The number of hydrogen-bond acceptors (Lipinski definition) is 4. The number of likely N-dealkylation sites (N-methyl/N-ethyl adjacent to an activating group) is 1. The minimum atomic E-state index is 0.143. The van der Waals surface area contributed by atoms with Gasteiger partial charge in [-0.25, -0.2) is 0 Å². The van der Waals surface area contributed by atoms with Crippen LogP contribution in [-0.2, 0) is 6.54 Å². The molecule has 2 rings (SSSR count). The van der Waals surface area contributed by atoms with Crippen LogP contribution in [-0.4, -0.2) is 30.2 Å². The second kappa shape index (κ2) is 6.23. The number of benzene rings is 1. The van der Waals surface area contributed by atoms with Gasteiger partial charge in [0.05, 0.1) is 13.2 Å². The number of aliphatic hydroxyl groups is 1. The molecule has 1 aromatic heterocycles. The van der Waals surface area contributed by atoms with Crippen molar-refractivity contribution in [2.24, 2.45) is 0 Å².